The van der Waals surface area contributed by atoms with Gasteiger partial charge in [-0.1, -0.05) is 17.3 Å². The van der Waals surface area contributed by atoms with Gasteiger partial charge in [-0.25, -0.2) is 14.6 Å². The molecule has 2 atom stereocenters. The van der Waals surface area contributed by atoms with Gasteiger partial charge >= 0.3 is 17.8 Å². The Morgan fingerprint density at radius 1 is 1.23 bits per heavy atom. The molecular weight excluding hydrogens is 612 g/mol. The number of aromatic nitrogens is 2. The average Bonchev–Trinajstić information content (AvgIpc) is 3.70. The zero-order valence-corrected chi connectivity index (χ0v) is 24.2. The molecule has 1 unspecified atom stereocenters. The van der Waals surface area contributed by atoms with E-state index in [0.29, 0.717) is 17.9 Å². The number of pyridine rings is 1. The molecule has 2 amide bonds. The van der Waals surface area contributed by atoms with Crippen molar-refractivity contribution in [2.75, 3.05) is 11.5 Å². The van der Waals surface area contributed by atoms with E-state index in [4.69, 9.17) is 19.8 Å². The Labute approximate surface area is 256 Å². The Morgan fingerprint density at radius 2 is 2.05 bits per heavy atom. The summed E-state index contributed by atoms with van der Waals surface area (Å²) in [6.07, 6.45) is 1.73. The molecule has 5 heterocycles. The maximum absolute atomic E-state index is 13.5. The number of carbonyl (C=O) groups excluding carboxylic acids is 3. The van der Waals surface area contributed by atoms with Gasteiger partial charge in [0.2, 0.25) is 11.4 Å². The van der Waals surface area contributed by atoms with Gasteiger partial charge in [-0.15, -0.1) is 23.1 Å². The van der Waals surface area contributed by atoms with Crippen molar-refractivity contribution in [1.82, 2.24) is 15.4 Å². The van der Waals surface area contributed by atoms with Crippen LogP contribution in [0.2, 0.25) is 0 Å². The molecule has 6 rings (SSSR count). The Morgan fingerprint density at radius 3 is 2.77 bits per heavy atom. The number of carbonyl (C=O) groups is 4. The number of carboxylic acids is 1. The molecule has 3 aromatic heterocycles. The van der Waals surface area contributed by atoms with E-state index in [1.807, 2.05) is 52.6 Å². The molecule has 44 heavy (non-hydrogen) atoms. The van der Waals surface area contributed by atoms with Crippen LogP contribution in [0.1, 0.15) is 24.0 Å². The number of aliphatic carboxylic acids is 1. The maximum Gasteiger partial charge on any atom is 0.379 e. The van der Waals surface area contributed by atoms with E-state index in [0.717, 1.165) is 22.2 Å². The van der Waals surface area contributed by atoms with Crippen molar-refractivity contribution in [3.8, 4) is 0 Å². The molecule has 224 valence electrons. The smallest absolute Gasteiger partial charge is 0.379 e. The van der Waals surface area contributed by atoms with E-state index in [1.165, 1.54) is 40.4 Å². The summed E-state index contributed by atoms with van der Waals surface area (Å²) in [6.45, 7) is 0.297. The first kappa shape index (κ1) is 28.9. The van der Waals surface area contributed by atoms with Crippen LogP contribution in [0.25, 0.3) is 10.9 Å². The van der Waals surface area contributed by atoms with Crippen LogP contribution in [0.4, 0.5) is 5.13 Å². The van der Waals surface area contributed by atoms with Gasteiger partial charge in [0.25, 0.3) is 6.10 Å². The second-order valence-corrected chi connectivity index (χ2v) is 11.6. The first-order valence-electron chi connectivity index (χ1n) is 13.1. The first-order chi connectivity index (χ1) is 21.3. The third-order valence-corrected chi connectivity index (χ3v) is 8.72. The van der Waals surface area contributed by atoms with Gasteiger partial charge < -0.3 is 24.9 Å². The van der Waals surface area contributed by atoms with Gasteiger partial charge in [-0.05, 0) is 24.3 Å². The fourth-order valence-electron chi connectivity index (χ4n) is 4.71. The van der Waals surface area contributed by atoms with Gasteiger partial charge in [-0.3, -0.25) is 14.5 Å². The molecule has 4 N–H and O–H groups in total. The average molecular weight is 636 g/mol. The molecule has 16 heteroatoms. The van der Waals surface area contributed by atoms with Crippen molar-refractivity contribution >= 4 is 68.6 Å². The highest BCUT2D eigenvalue weighted by Gasteiger charge is 2.47. The van der Waals surface area contributed by atoms with Crippen LogP contribution < -0.4 is 15.8 Å². The summed E-state index contributed by atoms with van der Waals surface area (Å²) in [6, 6.07) is 14.5. The van der Waals surface area contributed by atoms with Crippen molar-refractivity contribution in [1.29, 1.82) is 0 Å². The fraction of sp³-hybridized carbons (Fsp3) is 0.179. The zero-order chi connectivity index (χ0) is 30.8. The number of nitrogens with two attached hydrogens (primary N) is 1. The minimum Gasteiger partial charge on any atom is -0.478 e. The number of nitrogens with zero attached hydrogens (tertiary/aromatic N) is 4. The Hall–Kier alpha value is -5.22. The van der Waals surface area contributed by atoms with Crippen LogP contribution >= 0.6 is 23.1 Å². The number of oxime groups is 1. The zero-order valence-electron chi connectivity index (χ0n) is 22.6. The molecule has 1 fully saturated rings. The SMILES string of the molecule is Nc1nc(/C(=N/OC(C(=O)O)c2ccco2)C(=O)NOC(=O)C2=C(C[n+]3cccc4ccccc43)CS[C@H]3CC(=O)N23)cs1. The molecular formula is C28H23N6O8S2+. The summed E-state index contributed by atoms with van der Waals surface area (Å²) in [7, 11) is 0. The van der Waals surface area contributed by atoms with E-state index in [2.05, 4.69) is 10.1 Å². The van der Waals surface area contributed by atoms with Crippen LogP contribution in [0.15, 0.2) is 87.2 Å². The van der Waals surface area contributed by atoms with Crippen molar-refractivity contribution in [2.24, 2.45) is 5.16 Å². The predicted molar refractivity (Wildman–Crippen MR) is 156 cm³/mol. The number of fused-ring (bicyclic) bond motifs is 2. The number of hydrogen-bond acceptors (Lipinski definition) is 12. The van der Waals surface area contributed by atoms with Crippen LogP contribution in [0.5, 0.6) is 0 Å². The van der Waals surface area contributed by atoms with Gasteiger partial charge in [0.05, 0.1) is 18.1 Å². The van der Waals surface area contributed by atoms with E-state index in [9.17, 15) is 24.3 Å². The lowest BCUT2D eigenvalue weighted by atomic mass is 10.1. The lowest BCUT2D eigenvalue weighted by molar-refractivity contribution is -0.663. The lowest BCUT2D eigenvalue weighted by Gasteiger charge is -2.43. The second-order valence-electron chi connectivity index (χ2n) is 9.55. The van der Waals surface area contributed by atoms with Crippen LogP contribution in [-0.4, -0.2) is 55.6 Å². The van der Waals surface area contributed by atoms with E-state index in [-0.39, 0.29) is 40.0 Å². The minimum atomic E-state index is -1.68. The number of benzene rings is 1. The number of nitrogen functional groups attached to an aromatic ring is 1. The molecule has 0 bridgehead atoms. The number of nitrogens with one attached hydrogen (secondary N) is 1. The van der Waals surface area contributed by atoms with Gasteiger partial charge in [0, 0.05) is 34.2 Å². The summed E-state index contributed by atoms with van der Waals surface area (Å²) in [5.74, 6) is -3.31. The van der Waals surface area contributed by atoms with Crippen molar-refractivity contribution in [3.05, 3.63) is 89.1 Å². The highest BCUT2D eigenvalue weighted by molar-refractivity contribution is 8.00. The van der Waals surface area contributed by atoms with Crippen molar-refractivity contribution in [3.63, 3.8) is 0 Å². The number of amides is 2. The van der Waals surface area contributed by atoms with Gasteiger partial charge in [-0.2, -0.15) is 10.0 Å². The topological polar surface area (TPSA) is 191 Å². The monoisotopic (exact) mass is 635 g/mol. The number of hydrogen-bond donors (Lipinski definition) is 3. The summed E-state index contributed by atoms with van der Waals surface area (Å²) in [5.41, 5.74) is 8.79. The normalized spacial score (nSPS) is 17.1. The van der Waals surface area contributed by atoms with Crippen LogP contribution in [0, 0.1) is 0 Å². The standard InChI is InChI=1S/C28H22N6O8S2/c29-28-30-17(14-44-28)22(31-41-24(26(37)38)19-8-4-10-40-19)25(36)32-42-27(39)23-16(13-43-21-11-20(35)34(21)23)12-33-9-3-6-15-5-1-2-7-18(15)33/h1-10,14,21,24H,11-13H2,(H3-,29,30,32,36,37,38)/p+1/b31-22-/t21-,24?/m0/s1. The lowest BCUT2D eigenvalue weighted by Crippen LogP contribution is -2.55. The Bertz CT molecular complexity index is 1830. The number of β-lactam (4-membered cyclic amide) rings is 1. The largest absolute Gasteiger partial charge is 0.478 e. The molecule has 0 aliphatic carbocycles. The van der Waals surface area contributed by atoms with E-state index >= 15 is 0 Å². The highest BCUT2D eigenvalue weighted by atomic mass is 32.2. The molecule has 1 saturated heterocycles. The maximum atomic E-state index is 13.5. The quantitative estimate of drug-likeness (QED) is 0.106. The van der Waals surface area contributed by atoms with E-state index < -0.39 is 29.7 Å². The first-order valence-corrected chi connectivity index (χ1v) is 15.0. The summed E-state index contributed by atoms with van der Waals surface area (Å²) in [4.78, 5) is 66.7. The van der Waals surface area contributed by atoms with E-state index in [1.54, 1.807) is 0 Å². The number of thiazole rings is 1. The summed E-state index contributed by atoms with van der Waals surface area (Å²) in [5, 5.41) is 15.5. The Balaban J connectivity index is 1.25. The number of hydroxylamine groups is 1. The molecule has 0 radical (unpaired) electrons. The van der Waals surface area contributed by atoms with Gasteiger partial charge in [0.15, 0.2) is 29.3 Å². The number of anilines is 1. The molecule has 0 spiro atoms. The number of carboxylic acid groups (broad SMARTS) is 1. The van der Waals surface area contributed by atoms with Crippen molar-refractivity contribution in [2.45, 2.75) is 24.4 Å². The van der Waals surface area contributed by atoms with Crippen LogP contribution in [-0.2, 0) is 35.4 Å². The molecule has 1 aromatic carbocycles. The second kappa shape index (κ2) is 12.2. The highest BCUT2D eigenvalue weighted by Crippen LogP contribution is 2.40. The molecule has 14 nitrogen and oxygen atoms in total. The molecule has 4 aromatic rings. The third-order valence-electron chi connectivity index (χ3n) is 6.77. The number of thioether (sulfide) groups is 1. The molecule has 2 aliphatic heterocycles. The van der Waals surface area contributed by atoms with Gasteiger partial charge in [0.1, 0.15) is 11.4 Å². The van der Waals surface area contributed by atoms with Crippen LogP contribution in [0.3, 0.4) is 0 Å². The number of rotatable bonds is 9. The van der Waals surface area contributed by atoms with Crippen molar-refractivity contribution < 1.29 is 42.9 Å². The molecule has 0 saturated carbocycles. The number of para-hydroxylation sites is 1. The fourth-order valence-corrected chi connectivity index (χ4v) is 6.51. The summed E-state index contributed by atoms with van der Waals surface area (Å²) < 4.78 is 7.06. The minimum absolute atomic E-state index is 0.0436. The molecule has 2 aliphatic rings. The Kier molecular flexibility index (Phi) is 7.99. The predicted octanol–water partition coefficient (Wildman–Crippen LogP) is 2.14. The third kappa shape index (κ3) is 5.71. The summed E-state index contributed by atoms with van der Waals surface area (Å²) >= 11 is 2.54. The number of furan rings is 1.